The van der Waals surface area contributed by atoms with Crippen molar-refractivity contribution in [2.75, 3.05) is 0 Å². The van der Waals surface area contributed by atoms with Crippen LogP contribution in [0.5, 0.6) is 0 Å². The summed E-state index contributed by atoms with van der Waals surface area (Å²) in [6, 6.07) is 0.692. The van der Waals surface area contributed by atoms with E-state index >= 15 is 0 Å². The molecular formula is C11H21NO2. The first-order valence-corrected chi connectivity index (χ1v) is 5.65. The van der Waals surface area contributed by atoms with Crippen molar-refractivity contribution in [1.29, 1.82) is 0 Å². The molecule has 0 radical (unpaired) electrons. The summed E-state index contributed by atoms with van der Waals surface area (Å²) in [4.78, 5) is 10.7. The van der Waals surface area contributed by atoms with Crippen molar-refractivity contribution >= 4 is 5.97 Å². The molecule has 1 fully saturated rings. The molecule has 1 aliphatic rings. The number of rotatable bonds is 7. The van der Waals surface area contributed by atoms with Gasteiger partial charge >= 0.3 is 5.97 Å². The molecule has 3 nitrogen and oxygen atoms in total. The number of carboxylic acids is 1. The summed E-state index contributed by atoms with van der Waals surface area (Å²) >= 11 is 0. The minimum Gasteiger partial charge on any atom is -0.481 e. The highest BCUT2D eigenvalue weighted by Gasteiger charge is 2.33. The van der Waals surface area contributed by atoms with Gasteiger partial charge in [0.15, 0.2) is 0 Å². The monoisotopic (exact) mass is 199 g/mol. The van der Waals surface area contributed by atoms with E-state index < -0.39 is 5.97 Å². The predicted molar refractivity (Wildman–Crippen MR) is 56.3 cm³/mol. The van der Waals surface area contributed by atoms with E-state index in [4.69, 9.17) is 5.11 Å². The molecule has 1 saturated carbocycles. The summed E-state index contributed by atoms with van der Waals surface area (Å²) in [6.07, 6.45) is 4.84. The van der Waals surface area contributed by atoms with Gasteiger partial charge in [-0.05, 0) is 31.6 Å². The van der Waals surface area contributed by atoms with Gasteiger partial charge in [0, 0.05) is 12.1 Å². The predicted octanol–water partition coefficient (Wildman–Crippen LogP) is 2.02. The van der Waals surface area contributed by atoms with Gasteiger partial charge in [-0.1, -0.05) is 13.8 Å². The lowest BCUT2D eigenvalue weighted by Gasteiger charge is -2.22. The average Bonchev–Trinajstić information content (AvgIpc) is 2.94. The first kappa shape index (κ1) is 11.5. The van der Waals surface area contributed by atoms with Crippen molar-refractivity contribution in [1.82, 2.24) is 5.32 Å². The lowest BCUT2D eigenvalue weighted by Crippen LogP contribution is -2.40. The Hall–Kier alpha value is -0.570. The quantitative estimate of drug-likeness (QED) is 0.659. The van der Waals surface area contributed by atoms with Gasteiger partial charge in [0.2, 0.25) is 0 Å². The van der Waals surface area contributed by atoms with Gasteiger partial charge in [-0.2, -0.15) is 0 Å². The molecule has 1 atom stereocenters. The van der Waals surface area contributed by atoms with Crippen LogP contribution in [0.15, 0.2) is 0 Å². The Morgan fingerprint density at radius 2 is 2.00 bits per heavy atom. The zero-order valence-electron chi connectivity index (χ0n) is 9.12. The van der Waals surface area contributed by atoms with Crippen LogP contribution in [0, 0.1) is 5.92 Å². The Kier molecular flexibility index (Phi) is 4.39. The molecule has 0 aliphatic heterocycles. The van der Waals surface area contributed by atoms with Crippen molar-refractivity contribution in [2.45, 2.75) is 58.0 Å². The second kappa shape index (κ2) is 5.35. The van der Waals surface area contributed by atoms with Gasteiger partial charge in [0.05, 0.1) is 6.42 Å². The van der Waals surface area contributed by atoms with Crippen LogP contribution in [-0.4, -0.2) is 23.2 Å². The maximum atomic E-state index is 10.7. The third kappa shape index (κ3) is 3.66. The van der Waals surface area contributed by atoms with Gasteiger partial charge in [-0.3, -0.25) is 4.79 Å². The number of nitrogens with one attached hydrogen (secondary N) is 1. The summed E-state index contributed by atoms with van der Waals surface area (Å²) in [5.41, 5.74) is 0. The van der Waals surface area contributed by atoms with Gasteiger partial charge < -0.3 is 10.4 Å². The van der Waals surface area contributed by atoms with E-state index in [-0.39, 0.29) is 12.5 Å². The Balaban J connectivity index is 2.37. The summed E-state index contributed by atoms with van der Waals surface area (Å²) in [6.45, 7) is 4.29. The van der Waals surface area contributed by atoms with E-state index in [0.29, 0.717) is 12.0 Å². The van der Waals surface area contributed by atoms with E-state index in [9.17, 15) is 4.79 Å². The largest absolute Gasteiger partial charge is 0.481 e. The normalized spacial score (nSPS) is 18.5. The van der Waals surface area contributed by atoms with E-state index in [2.05, 4.69) is 19.2 Å². The summed E-state index contributed by atoms with van der Waals surface area (Å²) in [7, 11) is 0. The van der Waals surface area contributed by atoms with E-state index in [1.54, 1.807) is 0 Å². The highest BCUT2D eigenvalue weighted by molar-refractivity contribution is 5.67. The molecule has 0 heterocycles. The molecular weight excluding hydrogens is 178 g/mol. The van der Waals surface area contributed by atoms with E-state index in [1.165, 1.54) is 12.8 Å². The molecule has 1 unspecified atom stereocenters. The Morgan fingerprint density at radius 1 is 1.43 bits per heavy atom. The van der Waals surface area contributed by atoms with Crippen molar-refractivity contribution in [2.24, 2.45) is 5.92 Å². The van der Waals surface area contributed by atoms with Crippen LogP contribution in [0.2, 0.25) is 0 Å². The lowest BCUT2D eigenvalue weighted by molar-refractivity contribution is -0.137. The molecule has 2 N–H and O–H groups in total. The van der Waals surface area contributed by atoms with E-state index in [1.807, 2.05) is 0 Å². The maximum Gasteiger partial charge on any atom is 0.304 e. The summed E-state index contributed by atoms with van der Waals surface area (Å²) in [5, 5.41) is 12.2. The molecule has 0 aromatic carbocycles. The zero-order valence-corrected chi connectivity index (χ0v) is 9.12. The molecule has 0 aromatic rings. The Morgan fingerprint density at radius 3 is 2.36 bits per heavy atom. The third-order valence-electron chi connectivity index (χ3n) is 3.02. The minimum absolute atomic E-state index is 0.206. The van der Waals surface area contributed by atoms with Crippen molar-refractivity contribution in [3.8, 4) is 0 Å². The molecule has 0 aromatic heterocycles. The third-order valence-corrected chi connectivity index (χ3v) is 3.02. The summed E-state index contributed by atoms with van der Waals surface area (Å²) in [5.74, 6) is -0.0629. The van der Waals surface area contributed by atoms with Crippen LogP contribution in [0.25, 0.3) is 0 Å². The van der Waals surface area contributed by atoms with Gasteiger partial charge in [0.1, 0.15) is 0 Å². The van der Waals surface area contributed by atoms with Crippen LogP contribution >= 0.6 is 0 Å². The highest BCUT2D eigenvalue weighted by atomic mass is 16.4. The van der Waals surface area contributed by atoms with Crippen LogP contribution < -0.4 is 5.32 Å². The second-order valence-corrected chi connectivity index (χ2v) is 4.22. The number of hydrogen-bond donors (Lipinski definition) is 2. The van der Waals surface area contributed by atoms with Crippen molar-refractivity contribution in [3.63, 3.8) is 0 Å². The highest BCUT2D eigenvalue weighted by Crippen LogP contribution is 2.34. The van der Waals surface area contributed by atoms with Crippen molar-refractivity contribution in [3.05, 3.63) is 0 Å². The fourth-order valence-electron chi connectivity index (χ4n) is 1.88. The maximum absolute atomic E-state index is 10.7. The van der Waals surface area contributed by atoms with Crippen LogP contribution in [0.3, 0.4) is 0 Å². The number of carboxylic acid groups (broad SMARTS) is 1. The first-order valence-electron chi connectivity index (χ1n) is 5.65. The molecule has 0 bridgehead atoms. The standard InChI is InChI=1S/C11H21NO2/c1-3-9(4-2)12-10(7-11(13)14)8-5-6-8/h8-10,12H,3-7H2,1-2H3,(H,13,14). The van der Waals surface area contributed by atoms with Gasteiger partial charge in [-0.25, -0.2) is 0 Å². The molecule has 3 heteroatoms. The molecule has 0 amide bonds. The Bertz CT molecular complexity index is 186. The minimum atomic E-state index is -0.680. The van der Waals surface area contributed by atoms with Gasteiger partial charge in [0.25, 0.3) is 0 Å². The second-order valence-electron chi connectivity index (χ2n) is 4.22. The van der Waals surface area contributed by atoms with Crippen molar-refractivity contribution < 1.29 is 9.90 Å². The van der Waals surface area contributed by atoms with Crippen LogP contribution in [0.4, 0.5) is 0 Å². The SMILES string of the molecule is CCC(CC)NC(CC(=O)O)C1CC1. The van der Waals surface area contributed by atoms with Gasteiger partial charge in [-0.15, -0.1) is 0 Å². The molecule has 14 heavy (non-hydrogen) atoms. The number of hydrogen-bond acceptors (Lipinski definition) is 2. The van der Waals surface area contributed by atoms with Crippen LogP contribution in [0.1, 0.15) is 46.0 Å². The molecule has 0 saturated heterocycles. The fraction of sp³-hybridized carbons (Fsp3) is 0.909. The lowest BCUT2D eigenvalue weighted by atomic mass is 10.1. The average molecular weight is 199 g/mol. The van der Waals surface area contributed by atoms with Crippen LogP contribution in [-0.2, 0) is 4.79 Å². The topological polar surface area (TPSA) is 49.3 Å². The molecule has 82 valence electrons. The fourth-order valence-corrected chi connectivity index (χ4v) is 1.88. The first-order chi connectivity index (χ1) is 6.67. The molecule has 0 spiro atoms. The Labute approximate surface area is 85.9 Å². The number of aliphatic carboxylic acids is 1. The summed E-state index contributed by atoms with van der Waals surface area (Å²) < 4.78 is 0. The number of carbonyl (C=O) groups is 1. The molecule has 1 rings (SSSR count). The smallest absolute Gasteiger partial charge is 0.304 e. The van der Waals surface area contributed by atoms with E-state index in [0.717, 1.165) is 12.8 Å². The molecule has 1 aliphatic carbocycles. The zero-order chi connectivity index (χ0) is 10.6.